The van der Waals surface area contributed by atoms with E-state index in [0.717, 1.165) is 25.8 Å². The molecule has 1 aromatic heterocycles. The molecule has 1 aromatic rings. The van der Waals surface area contributed by atoms with Gasteiger partial charge < -0.3 is 9.47 Å². The molecule has 0 bridgehead atoms. The number of imidazole rings is 1. The van der Waals surface area contributed by atoms with Gasteiger partial charge >= 0.3 is 0 Å². The first-order valence-corrected chi connectivity index (χ1v) is 6.07. The highest BCUT2D eigenvalue weighted by Crippen LogP contribution is 2.28. The number of carbonyl (C=O) groups is 1. The molecule has 0 N–H and O–H groups in total. The van der Waals surface area contributed by atoms with Gasteiger partial charge in [0.1, 0.15) is 6.04 Å². The van der Waals surface area contributed by atoms with Gasteiger partial charge in [-0.25, -0.2) is 4.98 Å². The Morgan fingerprint density at radius 2 is 2.19 bits per heavy atom. The Kier molecular flexibility index (Phi) is 2.23. The fraction of sp³-hybridized carbons (Fsp3) is 0.667. The molecule has 2 heterocycles. The molecular weight excluding hydrogens is 202 g/mol. The Balaban J connectivity index is 1.95. The molecule has 0 saturated carbocycles. The molecule has 1 saturated heterocycles. The van der Waals surface area contributed by atoms with E-state index < -0.39 is 0 Å². The number of nitrogens with zero attached hydrogens (tertiary/aromatic N) is 3. The zero-order chi connectivity index (χ0) is 11.1. The van der Waals surface area contributed by atoms with Crippen LogP contribution in [0, 0.1) is 0 Å². The first-order valence-electron chi connectivity index (χ1n) is 6.07. The second-order valence-corrected chi connectivity index (χ2v) is 4.82. The van der Waals surface area contributed by atoms with Crippen molar-refractivity contribution in [1.29, 1.82) is 0 Å². The van der Waals surface area contributed by atoms with Crippen molar-refractivity contribution in [3.63, 3.8) is 0 Å². The molecule has 4 heteroatoms. The van der Waals surface area contributed by atoms with Crippen LogP contribution in [-0.2, 0) is 17.6 Å². The molecule has 16 heavy (non-hydrogen) atoms. The van der Waals surface area contributed by atoms with Crippen LogP contribution >= 0.6 is 0 Å². The summed E-state index contributed by atoms with van der Waals surface area (Å²) >= 11 is 0. The maximum atomic E-state index is 12.0. The Morgan fingerprint density at radius 1 is 1.38 bits per heavy atom. The van der Waals surface area contributed by atoms with Crippen molar-refractivity contribution in [2.45, 2.75) is 38.1 Å². The summed E-state index contributed by atoms with van der Waals surface area (Å²) in [5, 5.41) is 0. The van der Waals surface area contributed by atoms with Crippen LogP contribution < -0.4 is 0 Å². The summed E-state index contributed by atoms with van der Waals surface area (Å²) in [6.07, 6.45) is 7.44. The van der Waals surface area contributed by atoms with Gasteiger partial charge in [-0.3, -0.25) is 4.79 Å². The molecule has 3 rings (SSSR count). The molecule has 0 spiro atoms. The van der Waals surface area contributed by atoms with Crippen LogP contribution in [-0.4, -0.2) is 34.0 Å². The van der Waals surface area contributed by atoms with E-state index >= 15 is 0 Å². The van der Waals surface area contributed by atoms with Crippen molar-refractivity contribution >= 4 is 5.91 Å². The third kappa shape index (κ3) is 1.36. The minimum atomic E-state index is 0.0133. The quantitative estimate of drug-likeness (QED) is 0.711. The molecule has 0 aromatic carbocycles. The van der Waals surface area contributed by atoms with Crippen molar-refractivity contribution in [3.05, 3.63) is 17.7 Å². The predicted molar refractivity (Wildman–Crippen MR) is 60.2 cm³/mol. The molecule has 1 atom stereocenters. The number of aryl methyl sites for hydroxylation is 1. The van der Waals surface area contributed by atoms with E-state index in [4.69, 9.17) is 0 Å². The van der Waals surface area contributed by atoms with Crippen molar-refractivity contribution < 1.29 is 4.79 Å². The van der Waals surface area contributed by atoms with Crippen molar-refractivity contribution in [1.82, 2.24) is 14.5 Å². The van der Waals surface area contributed by atoms with E-state index in [-0.39, 0.29) is 11.9 Å². The topological polar surface area (TPSA) is 38.1 Å². The average molecular weight is 219 g/mol. The third-order valence-corrected chi connectivity index (χ3v) is 3.79. The van der Waals surface area contributed by atoms with Crippen LogP contribution in [0.1, 0.15) is 36.7 Å². The minimum Gasteiger partial charge on any atom is -0.344 e. The number of hydrogen-bond acceptors (Lipinski definition) is 2. The molecule has 0 radical (unpaired) electrons. The third-order valence-electron chi connectivity index (χ3n) is 3.79. The van der Waals surface area contributed by atoms with Gasteiger partial charge in [-0.2, -0.15) is 0 Å². The number of amides is 1. The first kappa shape index (κ1) is 9.87. The zero-order valence-electron chi connectivity index (χ0n) is 9.65. The summed E-state index contributed by atoms with van der Waals surface area (Å²) in [5.41, 5.74) is 2.52. The van der Waals surface area contributed by atoms with Gasteiger partial charge in [-0.15, -0.1) is 0 Å². The predicted octanol–water partition coefficient (Wildman–Crippen LogP) is 1.17. The van der Waals surface area contributed by atoms with E-state index in [1.165, 1.54) is 24.2 Å². The number of aromatic nitrogens is 2. The van der Waals surface area contributed by atoms with Crippen LogP contribution in [0.25, 0.3) is 0 Å². The van der Waals surface area contributed by atoms with Crippen molar-refractivity contribution in [2.75, 3.05) is 13.6 Å². The summed E-state index contributed by atoms with van der Waals surface area (Å²) in [6.45, 7) is 0.871. The van der Waals surface area contributed by atoms with Gasteiger partial charge in [-0.1, -0.05) is 0 Å². The second-order valence-electron chi connectivity index (χ2n) is 4.82. The molecule has 1 fully saturated rings. The fourth-order valence-corrected chi connectivity index (χ4v) is 2.82. The number of rotatable bonds is 1. The number of likely N-dealkylation sites (N-methyl/N-ethyl adjacent to an activating group) is 1. The van der Waals surface area contributed by atoms with Crippen LogP contribution in [0.3, 0.4) is 0 Å². The summed E-state index contributed by atoms with van der Waals surface area (Å²) < 4.78 is 2.13. The SMILES string of the molecule is CN1CCC(n2cnc3c2CCCC3)C1=O. The lowest BCUT2D eigenvalue weighted by Crippen LogP contribution is -2.25. The smallest absolute Gasteiger partial charge is 0.245 e. The lowest BCUT2D eigenvalue weighted by Gasteiger charge is -2.18. The lowest BCUT2D eigenvalue weighted by atomic mass is 10.0. The highest BCUT2D eigenvalue weighted by Gasteiger charge is 2.32. The van der Waals surface area contributed by atoms with E-state index in [1.807, 2.05) is 18.3 Å². The molecule has 1 aliphatic heterocycles. The van der Waals surface area contributed by atoms with E-state index in [2.05, 4.69) is 9.55 Å². The van der Waals surface area contributed by atoms with Crippen LogP contribution in [0.2, 0.25) is 0 Å². The van der Waals surface area contributed by atoms with Crippen molar-refractivity contribution in [2.24, 2.45) is 0 Å². The van der Waals surface area contributed by atoms with E-state index in [1.54, 1.807) is 0 Å². The van der Waals surface area contributed by atoms with Gasteiger partial charge in [0.25, 0.3) is 0 Å². The van der Waals surface area contributed by atoms with Crippen LogP contribution in [0.4, 0.5) is 0 Å². The molecule has 4 nitrogen and oxygen atoms in total. The molecule has 1 aliphatic carbocycles. The van der Waals surface area contributed by atoms with E-state index in [9.17, 15) is 4.79 Å². The second kappa shape index (κ2) is 3.61. The van der Waals surface area contributed by atoms with Gasteiger partial charge in [0.2, 0.25) is 5.91 Å². The Hall–Kier alpha value is -1.32. The number of likely N-dealkylation sites (tertiary alicyclic amines) is 1. The minimum absolute atomic E-state index is 0.0133. The van der Waals surface area contributed by atoms with Gasteiger partial charge in [0.05, 0.1) is 12.0 Å². The highest BCUT2D eigenvalue weighted by atomic mass is 16.2. The standard InChI is InChI=1S/C12H17N3O/c1-14-7-6-11(12(14)16)15-8-13-9-4-2-3-5-10(9)15/h8,11H,2-7H2,1H3. The zero-order valence-corrected chi connectivity index (χ0v) is 9.65. The van der Waals surface area contributed by atoms with Crippen LogP contribution in [0.15, 0.2) is 6.33 Å². The average Bonchev–Trinajstić information content (AvgIpc) is 2.85. The largest absolute Gasteiger partial charge is 0.344 e. The maximum absolute atomic E-state index is 12.0. The summed E-state index contributed by atoms with van der Waals surface area (Å²) in [5.74, 6) is 0.241. The first-order chi connectivity index (χ1) is 7.77. The fourth-order valence-electron chi connectivity index (χ4n) is 2.82. The Bertz CT molecular complexity index is 424. The molecule has 1 unspecified atom stereocenters. The highest BCUT2D eigenvalue weighted by molar-refractivity contribution is 5.82. The Morgan fingerprint density at radius 3 is 2.94 bits per heavy atom. The van der Waals surface area contributed by atoms with Gasteiger partial charge in [-0.05, 0) is 32.1 Å². The summed E-state index contributed by atoms with van der Waals surface area (Å²) in [6, 6.07) is 0.0133. The van der Waals surface area contributed by atoms with Gasteiger partial charge in [0.15, 0.2) is 0 Å². The molecular formula is C12H17N3O. The number of fused-ring (bicyclic) bond motifs is 1. The molecule has 1 amide bonds. The molecule has 2 aliphatic rings. The summed E-state index contributed by atoms with van der Waals surface area (Å²) in [4.78, 5) is 18.2. The van der Waals surface area contributed by atoms with Gasteiger partial charge in [0, 0.05) is 19.3 Å². The Labute approximate surface area is 95.3 Å². The lowest BCUT2D eigenvalue weighted by molar-refractivity contribution is -0.129. The maximum Gasteiger partial charge on any atom is 0.245 e. The monoisotopic (exact) mass is 219 g/mol. The van der Waals surface area contributed by atoms with Crippen molar-refractivity contribution in [3.8, 4) is 0 Å². The normalized spacial score (nSPS) is 24.9. The molecule has 86 valence electrons. The van der Waals surface area contributed by atoms with E-state index in [0.29, 0.717) is 0 Å². The summed E-state index contributed by atoms with van der Waals surface area (Å²) in [7, 11) is 1.88. The number of hydrogen-bond donors (Lipinski definition) is 0. The van der Waals surface area contributed by atoms with Crippen LogP contribution in [0.5, 0.6) is 0 Å². The number of carbonyl (C=O) groups excluding carboxylic acids is 1.